The average molecular weight is 235 g/mol. The molecule has 4 heteroatoms. The van der Waals surface area contributed by atoms with Gasteiger partial charge in [0.25, 0.3) is 0 Å². The average Bonchev–Trinajstić information content (AvgIpc) is 2.37. The van der Waals surface area contributed by atoms with E-state index in [1.807, 2.05) is 37.3 Å². The molecule has 1 atom stereocenters. The third kappa shape index (κ3) is 4.33. The number of nitriles is 1. The molecule has 1 unspecified atom stereocenters. The molecule has 0 bridgehead atoms. The normalized spacial score (nSPS) is 11.6. The first-order valence-electron chi connectivity index (χ1n) is 5.67. The van der Waals surface area contributed by atoms with Gasteiger partial charge in [-0.05, 0) is 25.5 Å². The monoisotopic (exact) mass is 235 g/mol. The molecule has 0 spiro atoms. The van der Waals surface area contributed by atoms with E-state index in [9.17, 15) is 0 Å². The molecule has 4 nitrogen and oxygen atoms in total. The smallest absolute Gasteiger partial charge is 0.161 e. The summed E-state index contributed by atoms with van der Waals surface area (Å²) in [6.07, 6.45) is 0.507. The van der Waals surface area contributed by atoms with Gasteiger partial charge in [-0.3, -0.25) is 0 Å². The molecule has 0 aromatic heterocycles. The molecule has 0 aliphatic carbocycles. The summed E-state index contributed by atoms with van der Waals surface area (Å²) in [7, 11) is 0. The summed E-state index contributed by atoms with van der Waals surface area (Å²) in [4.78, 5) is 0. The number of benzene rings is 1. The third-order valence-corrected chi connectivity index (χ3v) is 2.28. The van der Waals surface area contributed by atoms with Crippen LogP contribution in [0.15, 0.2) is 24.3 Å². The van der Waals surface area contributed by atoms with Crippen LogP contribution in [0.25, 0.3) is 0 Å². The lowest BCUT2D eigenvalue weighted by molar-refractivity contribution is 0.215. The quantitative estimate of drug-likeness (QED) is 0.785. The number of aliphatic hydroxyl groups is 1. The van der Waals surface area contributed by atoms with Gasteiger partial charge in [-0.15, -0.1) is 0 Å². The van der Waals surface area contributed by atoms with Crippen LogP contribution in [-0.2, 0) is 0 Å². The molecule has 0 heterocycles. The Labute approximate surface area is 101 Å². The number of aliphatic hydroxyl groups excluding tert-OH is 1. The van der Waals surface area contributed by atoms with E-state index in [-0.39, 0.29) is 12.5 Å². The van der Waals surface area contributed by atoms with E-state index in [0.717, 1.165) is 0 Å². The fraction of sp³-hybridized carbons (Fsp3) is 0.462. The number of hydrogen-bond donors (Lipinski definition) is 1. The van der Waals surface area contributed by atoms with Crippen molar-refractivity contribution >= 4 is 0 Å². The fourth-order valence-corrected chi connectivity index (χ4v) is 1.35. The first kappa shape index (κ1) is 13.3. The summed E-state index contributed by atoms with van der Waals surface area (Å²) in [5.41, 5.74) is 0. The molecule has 0 fully saturated rings. The van der Waals surface area contributed by atoms with Gasteiger partial charge in [0.1, 0.15) is 0 Å². The Balaban J connectivity index is 2.48. The van der Waals surface area contributed by atoms with E-state index in [0.29, 0.717) is 31.1 Å². The van der Waals surface area contributed by atoms with Crippen LogP contribution in [0.1, 0.15) is 13.3 Å². The van der Waals surface area contributed by atoms with Crippen molar-refractivity contribution < 1.29 is 14.6 Å². The summed E-state index contributed by atoms with van der Waals surface area (Å²) < 4.78 is 10.9. The highest BCUT2D eigenvalue weighted by Crippen LogP contribution is 2.26. The molecule has 1 rings (SSSR count). The Morgan fingerprint density at radius 2 is 1.94 bits per heavy atom. The Morgan fingerprint density at radius 1 is 1.29 bits per heavy atom. The van der Waals surface area contributed by atoms with Crippen molar-refractivity contribution in [2.45, 2.75) is 13.3 Å². The minimum atomic E-state index is -0.366. The molecule has 1 aromatic carbocycles. The summed E-state index contributed by atoms with van der Waals surface area (Å²) >= 11 is 0. The predicted molar refractivity (Wildman–Crippen MR) is 63.9 cm³/mol. The molecule has 0 saturated carbocycles. The number of ether oxygens (including phenoxy) is 2. The Bertz CT molecular complexity index is 373. The van der Waals surface area contributed by atoms with Crippen LogP contribution in [0.3, 0.4) is 0 Å². The maximum Gasteiger partial charge on any atom is 0.161 e. The van der Waals surface area contributed by atoms with Gasteiger partial charge in [-0.25, -0.2) is 0 Å². The van der Waals surface area contributed by atoms with Crippen LogP contribution >= 0.6 is 0 Å². The van der Waals surface area contributed by atoms with Crippen LogP contribution < -0.4 is 9.47 Å². The highest BCUT2D eigenvalue weighted by atomic mass is 16.5. The molecule has 0 radical (unpaired) electrons. The van der Waals surface area contributed by atoms with E-state index in [4.69, 9.17) is 19.8 Å². The van der Waals surface area contributed by atoms with Crippen molar-refractivity contribution in [1.82, 2.24) is 0 Å². The molecular formula is C13H17NO3. The summed E-state index contributed by atoms with van der Waals surface area (Å²) in [6, 6.07) is 9.43. The molecule has 0 aliphatic rings. The molecule has 1 N–H and O–H groups in total. The van der Waals surface area contributed by atoms with Crippen molar-refractivity contribution in [3.8, 4) is 17.6 Å². The highest BCUT2D eigenvalue weighted by Gasteiger charge is 2.07. The Morgan fingerprint density at radius 3 is 2.47 bits per heavy atom. The van der Waals surface area contributed by atoms with Crippen molar-refractivity contribution in [1.29, 1.82) is 5.26 Å². The van der Waals surface area contributed by atoms with Crippen molar-refractivity contribution in [3.05, 3.63) is 24.3 Å². The summed E-state index contributed by atoms with van der Waals surface area (Å²) in [5.74, 6) is 1.01. The molecule has 1 aromatic rings. The molecular weight excluding hydrogens is 218 g/mol. The fourth-order valence-electron chi connectivity index (χ4n) is 1.35. The second-order valence-corrected chi connectivity index (χ2v) is 3.53. The lowest BCUT2D eigenvalue weighted by atomic mass is 10.1. The topological polar surface area (TPSA) is 62.5 Å². The molecule has 0 aliphatic heterocycles. The van der Waals surface area contributed by atoms with Crippen LogP contribution in [0.2, 0.25) is 0 Å². The zero-order chi connectivity index (χ0) is 12.5. The highest BCUT2D eigenvalue weighted by molar-refractivity contribution is 5.39. The van der Waals surface area contributed by atoms with Gasteiger partial charge in [0.2, 0.25) is 0 Å². The first-order valence-corrected chi connectivity index (χ1v) is 5.67. The molecule has 0 saturated heterocycles. The lowest BCUT2D eigenvalue weighted by Crippen LogP contribution is -2.09. The maximum absolute atomic E-state index is 8.86. The summed E-state index contributed by atoms with van der Waals surface area (Å²) in [6.45, 7) is 2.75. The van der Waals surface area contributed by atoms with Crippen LogP contribution in [0, 0.1) is 17.2 Å². The van der Waals surface area contributed by atoms with Crippen LogP contribution in [0.4, 0.5) is 0 Å². The zero-order valence-electron chi connectivity index (χ0n) is 9.93. The second kappa shape index (κ2) is 7.53. The minimum absolute atomic E-state index is 0.132. The SMILES string of the molecule is CCOc1ccccc1OCCC(C#N)CO. The second-order valence-electron chi connectivity index (χ2n) is 3.53. The van der Waals surface area contributed by atoms with E-state index < -0.39 is 0 Å². The van der Waals surface area contributed by atoms with Gasteiger partial charge < -0.3 is 14.6 Å². The number of rotatable bonds is 7. The van der Waals surface area contributed by atoms with E-state index in [2.05, 4.69) is 0 Å². The standard InChI is InChI=1S/C13H17NO3/c1-2-16-12-5-3-4-6-13(12)17-8-7-11(9-14)10-15/h3-6,11,15H,2,7-8,10H2,1H3. The van der Waals surface area contributed by atoms with E-state index in [1.54, 1.807) is 0 Å². The van der Waals surface area contributed by atoms with Crippen LogP contribution in [-0.4, -0.2) is 24.9 Å². The van der Waals surface area contributed by atoms with Crippen molar-refractivity contribution in [2.75, 3.05) is 19.8 Å². The maximum atomic E-state index is 8.86. The minimum Gasteiger partial charge on any atom is -0.490 e. The Hall–Kier alpha value is -1.73. The number of nitrogens with zero attached hydrogens (tertiary/aromatic N) is 1. The lowest BCUT2D eigenvalue weighted by Gasteiger charge is -2.12. The van der Waals surface area contributed by atoms with Gasteiger partial charge >= 0.3 is 0 Å². The van der Waals surface area contributed by atoms with Crippen molar-refractivity contribution in [2.24, 2.45) is 5.92 Å². The first-order chi connectivity index (χ1) is 8.31. The van der Waals surface area contributed by atoms with Gasteiger partial charge in [0.05, 0.1) is 31.8 Å². The van der Waals surface area contributed by atoms with Gasteiger partial charge in [-0.2, -0.15) is 5.26 Å². The van der Waals surface area contributed by atoms with Crippen molar-refractivity contribution in [3.63, 3.8) is 0 Å². The molecule has 0 amide bonds. The van der Waals surface area contributed by atoms with Gasteiger partial charge in [0.15, 0.2) is 11.5 Å². The van der Waals surface area contributed by atoms with E-state index >= 15 is 0 Å². The predicted octanol–water partition coefficient (Wildman–Crippen LogP) is 1.99. The summed E-state index contributed by atoms with van der Waals surface area (Å²) in [5, 5.41) is 17.5. The zero-order valence-corrected chi connectivity index (χ0v) is 9.93. The third-order valence-electron chi connectivity index (χ3n) is 2.28. The van der Waals surface area contributed by atoms with Crippen LogP contribution in [0.5, 0.6) is 11.5 Å². The number of hydrogen-bond acceptors (Lipinski definition) is 4. The van der Waals surface area contributed by atoms with E-state index in [1.165, 1.54) is 0 Å². The molecule has 92 valence electrons. The number of para-hydroxylation sites is 2. The van der Waals surface area contributed by atoms with Gasteiger partial charge in [0, 0.05) is 0 Å². The molecule has 17 heavy (non-hydrogen) atoms. The van der Waals surface area contributed by atoms with Gasteiger partial charge in [-0.1, -0.05) is 12.1 Å². The largest absolute Gasteiger partial charge is 0.490 e. The Kier molecular flexibility index (Phi) is 5.91.